The minimum absolute atomic E-state index is 0.0339. The second-order valence-corrected chi connectivity index (χ2v) is 6.16. The van der Waals surface area contributed by atoms with Crippen LogP contribution in [0.4, 0.5) is 5.69 Å². The van der Waals surface area contributed by atoms with E-state index in [1.807, 2.05) is 19.9 Å². The van der Waals surface area contributed by atoms with Gasteiger partial charge in [0.15, 0.2) is 0 Å². The molecule has 2 aromatic carbocycles. The summed E-state index contributed by atoms with van der Waals surface area (Å²) in [5.41, 5.74) is 2.48. The molecule has 0 saturated heterocycles. The molecular weight excluding hydrogens is 262 g/mol. The topological polar surface area (TPSA) is 66.4 Å². The predicted octanol–water partition coefficient (Wildman–Crippen LogP) is 2.81. The van der Waals surface area contributed by atoms with E-state index in [2.05, 4.69) is 4.72 Å². The van der Waals surface area contributed by atoms with Crippen LogP contribution in [0.5, 0.6) is 5.75 Å². The number of aryl methyl sites for hydroxylation is 2. The van der Waals surface area contributed by atoms with Crippen molar-refractivity contribution in [3.8, 4) is 5.75 Å². The fourth-order valence-corrected chi connectivity index (χ4v) is 2.98. The van der Waals surface area contributed by atoms with E-state index in [0.29, 0.717) is 5.69 Å². The second kappa shape index (κ2) is 4.93. The molecule has 4 nitrogen and oxygen atoms in total. The second-order valence-electron chi connectivity index (χ2n) is 4.48. The van der Waals surface area contributed by atoms with Crippen molar-refractivity contribution >= 4 is 15.7 Å². The molecule has 0 atom stereocenters. The van der Waals surface area contributed by atoms with Crippen LogP contribution >= 0.6 is 0 Å². The lowest BCUT2D eigenvalue weighted by Crippen LogP contribution is -2.13. The molecule has 0 fully saturated rings. The van der Waals surface area contributed by atoms with Gasteiger partial charge in [0, 0.05) is 11.8 Å². The number of hydrogen-bond donors (Lipinski definition) is 2. The number of nitrogens with one attached hydrogen (secondary N) is 1. The molecule has 19 heavy (non-hydrogen) atoms. The van der Waals surface area contributed by atoms with Crippen molar-refractivity contribution in [1.29, 1.82) is 0 Å². The fraction of sp³-hybridized carbons (Fsp3) is 0.143. The number of sulfonamides is 1. The summed E-state index contributed by atoms with van der Waals surface area (Å²) in [6.45, 7) is 3.80. The van der Waals surface area contributed by atoms with E-state index < -0.39 is 10.0 Å². The minimum atomic E-state index is -3.68. The standard InChI is InChI=1S/C14H15NO3S/c1-10-6-11(2)8-12(7-10)15-19(17,18)14-5-3-4-13(16)9-14/h3-9,15-16H,1-2H3. The molecule has 0 radical (unpaired) electrons. The number of anilines is 1. The van der Waals surface area contributed by atoms with Crippen LogP contribution in [-0.2, 0) is 10.0 Å². The Hall–Kier alpha value is -2.01. The number of phenolic OH excluding ortho intramolecular Hbond substituents is 1. The highest BCUT2D eigenvalue weighted by molar-refractivity contribution is 7.92. The molecule has 100 valence electrons. The van der Waals surface area contributed by atoms with E-state index in [-0.39, 0.29) is 10.6 Å². The highest BCUT2D eigenvalue weighted by atomic mass is 32.2. The molecule has 2 rings (SSSR count). The lowest BCUT2D eigenvalue weighted by molar-refractivity contribution is 0.473. The van der Waals surface area contributed by atoms with Crippen molar-refractivity contribution < 1.29 is 13.5 Å². The van der Waals surface area contributed by atoms with Gasteiger partial charge in [-0.05, 0) is 49.2 Å². The van der Waals surface area contributed by atoms with Crippen molar-refractivity contribution in [2.24, 2.45) is 0 Å². The number of rotatable bonds is 3. The Labute approximate surface area is 112 Å². The van der Waals surface area contributed by atoms with E-state index in [9.17, 15) is 13.5 Å². The zero-order valence-electron chi connectivity index (χ0n) is 10.7. The van der Waals surface area contributed by atoms with E-state index in [1.165, 1.54) is 24.3 Å². The van der Waals surface area contributed by atoms with Gasteiger partial charge < -0.3 is 5.11 Å². The van der Waals surface area contributed by atoms with E-state index in [1.54, 1.807) is 12.1 Å². The van der Waals surface area contributed by atoms with Crippen molar-refractivity contribution in [3.05, 3.63) is 53.6 Å². The molecule has 0 saturated carbocycles. The summed E-state index contributed by atoms with van der Waals surface area (Å²) in [5, 5.41) is 9.34. The number of benzene rings is 2. The van der Waals surface area contributed by atoms with Crippen LogP contribution in [0.1, 0.15) is 11.1 Å². The molecule has 0 aliphatic heterocycles. The van der Waals surface area contributed by atoms with Crippen LogP contribution in [0.2, 0.25) is 0 Å². The number of phenols is 1. The molecule has 0 unspecified atom stereocenters. The maximum Gasteiger partial charge on any atom is 0.262 e. The molecule has 0 amide bonds. The number of hydrogen-bond acceptors (Lipinski definition) is 3. The quantitative estimate of drug-likeness (QED) is 0.906. The highest BCUT2D eigenvalue weighted by Gasteiger charge is 2.14. The Kier molecular flexibility index (Phi) is 3.48. The SMILES string of the molecule is Cc1cc(C)cc(NS(=O)(=O)c2cccc(O)c2)c1. The first-order valence-corrected chi connectivity index (χ1v) is 7.25. The first kappa shape index (κ1) is 13.4. The van der Waals surface area contributed by atoms with Crippen LogP contribution in [-0.4, -0.2) is 13.5 Å². The predicted molar refractivity (Wildman–Crippen MR) is 74.8 cm³/mol. The van der Waals surface area contributed by atoms with E-state index >= 15 is 0 Å². The van der Waals surface area contributed by atoms with E-state index in [4.69, 9.17) is 0 Å². The third-order valence-corrected chi connectivity index (χ3v) is 3.98. The van der Waals surface area contributed by atoms with Gasteiger partial charge in [-0.1, -0.05) is 12.1 Å². The fourth-order valence-electron chi connectivity index (χ4n) is 1.90. The summed E-state index contributed by atoms with van der Waals surface area (Å²) in [6.07, 6.45) is 0. The van der Waals surface area contributed by atoms with Crippen LogP contribution < -0.4 is 4.72 Å². The summed E-state index contributed by atoms with van der Waals surface area (Å²) in [7, 11) is -3.68. The lowest BCUT2D eigenvalue weighted by Gasteiger charge is -2.10. The molecule has 0 bridgehead atoms. The van der Waals surface area contributed by atoms with Crippen molar-refractivity contribution in [1.82, 2.24) is 0 Å². The highest BCUT2D eigenvalue weighted by Crippen LogP contribution is 2.21. The number of aromatic hydroxyl groups is 1. The van der Waals surface area contributed by atoms with Crippen molar-refractivity contribution in [2.75, 3.05) is 4.72 Å². The zero-order chi connectivity index (χ0) is 14.0. The largest absolute Gasteiger partial charge is 0.508 e. The van der Waals surface area contributed by atoms with Gasteiger partial charge in [-0.2, -0.15) is 0 Å². The molecule has 0 aromatic heterocycles. The van der Waals surface area contributed by atoms with Gasteiger partial charge >= 0.3 is 0 Å². The average molecular weight is 277 g/mol. The summed E-state index contributed by atoms with van der Waals surface area (Å²) >= 11 is 0. The average Bonchev–Trinajstić information content (AvgIpc) is 2.26. The summed E-state index contributed by atoms with van der Waals surface area (Å²) in [4.78, 5) is 0.0339. The summed E-state index contributed by atoms with van der Waals surface area (Å²) < 4.78 is 26.8. The van der Waals surface area contributed by atoms with Gasteiger partial charge in [0.05, 0.1) is 4.90 Å². The van der Waals surface area contributed by atoms with Gasteiger partial charge in [0.1, 0.15) is 5.75 Å². The normalized spacial score (nSPS) is 11.3. The Balaban J connectivity index is 2.36. The van der Waals surface area contributed by atoms with Gasteiger partial charge in [-0.15, -0.1) is 0 Å². The minimum Gasteiger partial charge on any atom is -0.508 e. The third kappa shape index (κ3) is 3.26. The van der Waals surface area contributed by atoms with E-state index in [0.717, 1.165) is 11.1 Å². The zero-order valence-corrected chi connectivity index (χ0v) is 11.5. The first-order chi connectivity index (χ1) is 8.87. The lowest BCUT2D eigenvalue weighted by atomic mass is 10.1. The Morgan fingerprint density at radius 2 is 1.63 bits per heavy atom. The molecule has 0 aliphatic carbocycles. The van der Waals surface area contributed by atoms with Crippen LogP contribution in [0.15, 0.2) is 47.4 Å². The maximum atomic E-state index is 12.2. The Morgan fingerprint density at radius 3 is 2.21 bits per heavy atom. The van der Waals surface area contributed by atoms with Crippen molar-refractivity contribution in [3.63, 3.8) is 0 Å². The molecule has 2 aromatic rings. The Morgan fingerprint density at radius 1 is 1.00 bits per heavy atom. The molecule has 0 aliphatic rings. The maximum absolute atomic E-state index is 12.2. The first-order valence-electron chi connectivity index (χ1n) is 5.77. The van der Waals surface area contributed by atoms with Gasteiger partial charge in [0.25, 0.3) is 10.0 Å². The van der Waals surface area contributed by atoms with Crippen LogP contribution in [0.25, 0.3) is 0 Å². The Bertz CT molecular complexity index is 688. The molecular formula is C14H15NO3S. The third-order valence-electron chi connectivity index (χ3n) is 2.60. The van der Waals surface area contributed by atoms with Gasteiger partial charge in [-0.25, -0.2) is 8.42 Å². The monoisotopic (exact) mass is 277 g/mol. The molecule has 5 heteroatoms. The van der Waals surface area contributed by atoms with Crippen LogP contribution in [0.3, 0.4) is 0 Å². The summed E-state index contributed by atoms with van der Waals surface area (Å²) in [6, 6.07) is 11.0. The van der Waals surface area contributed by atoms with Gasteiger partial charge in [-0.3, -0.25) is 4.72 Å². The molecule has 0 spiro atoms. The molecule has 0 heterocycles. The molecule has 2 N–H and O–H groups in total. The van der Waals surface area contributed by atoms with Crippen LogP contribution in [0, 0.1) is 13.8 Å². The smallest absolute Gasteiger partial charge is 0.262 e. The van der Waals surface area contributed by atoms with Crippen molar-refractivity contribution in [2.45, 2.75) is 18.7 Å². The van der Waals surface area contributed by atoms with Gasteiger partial charge in [0.2, 0.25) is 0 Å². The summed E-state index contributed by atoms with van der Waals surface area (Å²) in [5.74, 6) is -0.0803.